The minimum Gasteiger partial charge on any atom is -0.381 e. The van der Waals surface area contributed by atoms with Crippen LogP contribution in [-0.4, -0.2) is 63.4 Å². The largest absolute Gasteiger partial charge is 0.381 e. The summed E-state index contributed by atoms with van der Waals surface area (Å²) in [5, 5.41) is 5.40. The highest BCUT2D eigenvalue weighted by Crippen LogP contribution is 2.20. The van der Waals surface area contributed by atoms with Crippen LogP contribution in [0.1, 0.15) is 23.2 Å². The molecule has 2 aliphatic rings. The molecule has 3 rings (SSSR count). The van der Waals surface area contributed by atoms with Gasteiger partial charge in [0.15, 0.2) is 0 Å². The maximum Gasteiger partial charge on any atom is 0.252 e. The Bertz CT molecular complexity index is 887. The number of rotatable bonds is 5. The maximum absolute atomic E-state index is 12.8. The lowest BCUT2D eigenvalue weighted by atomic mass is 9.92. The summed E-state index contributed by atoms with van der Waals surface area (Å²) >= 11 is 0. The van der Waals surface area contributed by atoms with Crippen molar-refractivity contribution in [3.05, 3.63) is 29.8 Å². The molecule has 150 valence electrons. The summed E-state index contributed by atoms with van der Waals surface area (Å²) in [7, 11) is -3.87. The lowest BCUT2D eigenvalue weighted by Crippen LogP contribution is -2.49. The highest BCUT2D eigenvalue weighted by Gasteiger charge is 2.30. The predicted molar refractivity (Wildman–Crippen MR) is 102 cm³/mol. The second-order valence-corrected chi connectivity index (χ2v) is 8.72. The molecule has 0 aromatic heterocycles. The van der Waals surface area contributed by atoms with E-state index in [1.54, 1.807) is 0 Å². The number of hydrogen-bond acceptors (Lipinski definition) is 5. The molecule has 28 heavy (non-hydrogen) atoms. The lowest BCUT2D eigenvalue weighted by Gasteiger charge is -2.28. The molecular weight excluding hydrogens is 382 g/mol. The first kappa shape index (κ1) is 20.3. The molecule has 2 saturated heterocycles. The van der Waals surface area contributed by atoms with Gasteiger partial charge in [-0.05, 0) is 37.0 Å². The van der Waals surface area contributed by atoms with Gasteiger partial charge < -0.3 is 15.4 Å². The van der Waals surface area contributed by atoms with Crippen molar-refractivity contribution in [1.29, 1.82) is 0 Å². The Kier molecular flexibility index (Phi) is 6.34. The summed E-state index contributed by atoms with van der Waals surface area (Å²) in [5.41, 5.74) is 0.204. The molecular formula is C19H23N3O5S. The topological polar surface area (TPSA) is 105 Å². The van der Waals surface area contributed by atoms with Crippen molar-refractivity contribution in [1.82, 2.24) is 14.9 Å². The van der Waals surface area contributed by atoms with Crippen LogP contribution in [0.25, 0.3) is 0 Å². The summed E-state index contributed by atoms with van der Waals surface area (Å²) in [5.74, 6) is 1.96. The SMILES string of the molecule is C#CC(NC(=O)c1cccc(S(=O)(=O)N2CCNC(=O)C2)c1)C1CCOCC1. The Morgan fingerprint density at radius 2 is 2.11 bits per heavy atom. The highest BCUT2D eigenvalue weighted by atomic mass is 32.2. The zero-order valence-electron chi connectivity index (χ0n) is 15.4. The fourth-order valence-electron chi connectivity index (χ4n) is 3.34. The maximum atomic E-state index is 12.8. The van der Waals surface area contributed by atoms with Crippen LogP contribution in [0.5, 0.6) is 0 Å². The number of carbonyl (C=O) groups is 2. The Hall–Kier alpha value is -2.41. The van der Waals surface area contributed by atoms with Gasteiger partial charge in [0.25, 0.3) is 5.91 Å². The van der Waals surface area contributed by atoms with Crippen LogP contribution in [0.2, 0.25) is 0 Å². The molecule has 2 fully saturated rings. The van der Waals surface area contributed by atoms with Gasteiger partial charge in [-0.3, -0.25) is 9.59 Å². The number of hydrogen-bond donors (Lipinski definition) is 2. The van der Waals surface area contributed by atoms with Crippen LogP contribution in [0.4, 0.5) is 0 Å². The van der Waals surface area contributed by atoms with Gasteiger partial charge >= 0.3 is 0 Å². The summed E-state index contributed by atoms with van der Waals surface area (Å²) in [6, 6.07) is 5.33. The molecule has 0 radical (unpaired) electrons. The third-order valence-corrected chi connectivity index (χ3v) is 6.78. The van der Waals surface area contributed by atoms with E-state index >= 15 is 0 Å². The smallest absolute Gasteiger partial charge is 0.252 e. The fraction of sp³-hybridized carbons (Fsp3) is 0.474. The first-order valence-electron chi connectivity index (χ1n) is 9.13. The third kappa shape index (κ3) is 4.52. The van der Waals surface area contributed by atoms with Crippen molar-refractivity contribution in [2.75, 3.05) is 32.8 Å². The van der Waals surface area contributed by atoms with Crippen molar-refractivity contribution in [3.8, 4) is 12.3 Å². The normalized spacial score (nSPS) is 20.0. The number of amides is 2. The minimum absolute atomic E-state index is 0.0295. The molecule has 1 atom stereocenters. The standard InChI is InChI=1S/C19H23N3O5S/c1-2-17(14-6-10-27-11-7-14)21-19(24)15-4-3-5-16(12-15)28(25,26)22-9-8-20-18(23)13-22/h1,3-5,12,14,17H,6-11,13H2,(H,20,23)(H,21,24). The molecule has 2 N–H and O–H groups in total. The van der Waals surface area contributed by atoms with Gasteiger partial charge in [0.05, 0.1) is 17.5 Å². The second kappa shape index (κ2) is 8.73. The van der Waals surface area contributed by atoms with Crippen LogP contribution in [0.3, 0.4) is 0 Å². The minimum atomic E-state index is -3.87. The molecule has 2 amide bonds. The van der Waals surface area contributed by atoms with Crippen molar-refractivity contribution >= 4 is 21.8 Å². The van der Waals surface area contributed by atoms with Crippen LogP contribution in [-0.2, 0) is 19.6 Å². The van der Waals surface area contributed by atoms with E-state index in [0.29, 0.717) is 13.2 Å². The van der Waals surface area contributed by atoms with E-state index in [1.807, 2.05) is 0 Å². The van der Waals surface area contributed by atoms with E-state index in [9.17, 15) is 18.0 Å². The van der Waals surface area contributed by atoms with E-state index in [2.05, 4.69) is 16.6 Å². The molecule has 0 aliphatic carbocycles. The lowest BCUT2D eigenvalue weighted by molar-refractivity contribution is -0.122. The number of nitrogens with zero attached hydrogens (tertiary/aromatic N) is 1. The summed E-state index contributed by atoms with van der Waals surface area (Å²) in [4.78, 5) is 24.1. The van der Waals surface area contributed by atoms with Gasteiger partial charge in [-0.15, -0.1) is 6.42 Å². The summed E-state index contributed by atoms with van der Waals surface area (Å²) in [6.07, 6.45) is 7.12. The number of ether oxygens (including phenoxy) is 1. The molecule has 1 aromatic carbocycles. The van der Waals surface area contributed by atoms with E-state index in [0.717, 1.165) is 17.1 Å². The van der Waals surface area contributed by atoms with Crippen molar-refractivity contribution in [3.63, 3.8) is 0 Å². The van der Waals surface area contributed by atoms with Gasteiger partial charge in [0.2, 0.25) is 15.9 Å². The Labute approximate surface area is 164 Å². The molecule has 9 heteroatoms. The molecule has 2 aliphatic heterocycles. The average Bonchev–Trinajstić information content (AvgIpc) is 2.72. The quantitative estimate of drug-likeness (QED) is 0.669. The van der Waals surface area contributed by atoms with Gasteiger partial charge in [0, 0.05) is 31.9 Å². The molecule has 1 aromatic rings. The first-order chi connectivity index (χ1) is 13.4. The number of terminal acetylenes is 1. The summed E-state index contributed by atoms with van der Waals surface area (Å²) < 4.78 is 32.0. The van der Waals surface area contributed by atoms with Crippen LogP contribution >= 0.6 is 0 Å². The van der Waals surface area contributed by atoms with Crippen molar-refractivity contribution in [2.24, 2.45) is 5.92 Å². The molecule has 0 spiro atoms. The van der Waals surface area contributed by atoms with Crippen LogP contribution < -0.4 is 10.6 Å². The second-order valence-electron chi connectivity index (χ2n) is 6.78. The number of benzene rings is 1. The molecule has 1 unspecified atom stereocenters. The first-order valence-corrected chi connectivity index (χ1v) is 10.6. The fourth-order valence-corrected chi connectivity index (χ4v) is 4.78. The number of sulfonamides is 1. The Morgan fingerprint density at radius 3 is 2.79 bits per heavy atom. The molecule has 2 heterocycles. The van der Waals surface area contributed by atoms with Gasteiger partial charge in [-0.25, -0.2) is 8.42 Å². The van der Waals surface area contributed by atoms with Gasteiger partial charge in [0.1, 0.15) is 0 Å². The molecule has 0 bridgehead atoms. The Morgan fingerprint density at radius 1 is 1.36 bits per heavy atom. The molecule has 0 saturated carbocycles. The number of piperazine rings is 1. The predicted octanol–water partition coefficient (Wildman–Crippen LogP) is -0.0347. The van der Waals surface area contributed by atoms with E-state index in [4.69, 9.17) is 11.2 Å². The van der Waals surface area contributed by atoms with Crippen LogP contribution in [0.15, 0.2) is 29.2 Å². The van der Waals surface area contributed by atoms with Gasteiger partial charge in [-0.1, -0.05) is 12.0 Å². The monoisotopic (exact) mass is 405 g/mol. The van der Waals surface area contributed by atoms with Gasteiger partial charge in [-0.2, -0.15) is 4.31 Å². The molecule has 8 nitrogen and oxygen atoms in total. The van der Waals surface area contributed by atoms with Crippen LogP contribution in [0, 0.1) is 18.3 Å². The van der Waals surface area contributed by atoms with E-state index < -0.39 is 22.0 Å². The zero-order valence-corrected chi connectivity index (χ0v) is 16.2. The van der Waals surface area contributed by atoms with E-state index in [-0.39, 0.29) is 41.9 Å². The van der Waals surface area contributed by atoms with Crippen molar-refractivity contribution < 1.29 is 22.7 Å². The van der Waals surface area contributed by atoms with E-state index in [1.165, 1.54) is 24.3 Å². The Balaban J connectivity index is 1.75. The number of nitrogens with one attached hydrogen (secondary N) is 2. The highest BCUT2D eigenvalue weighted by molar-refractivity contribution is 7.89. The number of carbonyl (C=O) groups excluding carboxylic acids is 2. The third-order valence-electron chi connectivity index (χ3n) is 4.94. The van der Waals surface area contributed by atoms with Crippen molar-refractivity contribution in [2.45, 2.75) is 23.8 Å². The summed E-state index contributed by atoms with van der Waals surface area (Å²) in [6.45, 7) is 1.42. The average molecular weight is 405 g/mol. The zero-order chi connectivity index (χ0) is 20.1.